The zero-order chi connectivity index (χ0) is 14.3. The van der Waals surface area contributed by atoms with Crippen molar-refractivity contribution in [1.82, 2.24) is 0 Å². The van der Waals surface area contributed by atoms with Gasteiger partial charge < -0.3 is 0 Å². The SMILES string of the molecule is [CH2]CCCC=CCCCC(C)CC(CC)CCC[CH2]. The Morgan fingerprint density at radius 1 is 0.895 bits per heavy atom. The summed E-state index contributed by atoms with van der Waals surface area (Å²) in [5.74, 6) is 1.83. The Bertz CT molecular complexity index is 192. The third-order valence-corrected chi connectivity index (χ3v) is 4.03. The highest BCUT2D eigenvalue weighted by Gasteiger charge is 2.10. The molecule has 2 unspecified atom stereocenters. The highest BCUT2D eigenvalue weighted by molar-refractivity contribution is 4.81. The number of hydrogen-bond acceptors (Lipinski definition) is 0. The van der Waals surface area contributed by atoms with E-state index in [0.717, 1.165) is 24.7 Å². The van der Waals surface area contributed by atoms with Gasteiger partial charge >= 0.3 is 0 Å². The topological polar surface area (TPSA) is 0 Å². The van der Waals surface area contributed by atoms with Gasteiger partial charge in [0.1, 0.15) is 0 Å². The van der Waals surface area contributed by atoms with E-state index in [-0.39, 0.29) is 0 Å². The monoisotopic (exact) mass is 264 g/mol. The lowest BCUT2D eigenvalue weighted by Gasteiger charge is -2.19. The van der Waals surface area contributed by atoms with Gasteiger partial charge in [-0.25, -0.2) is 0 Å². The van der Waals surface area contributed by atoms with Crippen LogP contribution in [0.1, 0.15) is 84.5 Å². The Balaban J connectivity index is 3.56. The van der Waals surface area contributed by atoms with Crippen LogP contribution in [-0.2, 0) is 0 Å². The van der Waals surface area contributed by atoms with Crippen molar-refractivity contribution >= 4 is 0 Å². The summed E-state index contributed by atoms with van der Waals surface area (Å²) in [6.07, 6.45) is 18.8. The lowest BCUT2D eigenvalue weighted by molar-refractivity contribution is 0.337. The Morgan fingerprint density at radius 3 is 2.11 bits per heavy atom. The maximum Gasteiger partial charge on any atom is -0.0351 e. The van der Waals surface area contributed by atoms with Crippen LogP contribution in [0.5, 0.6) is 0 Å². The summed E-state index contributed by atoms with van der Waals surface area (Å²) in [6.45, 7) is 12.6. The smallest absolute Gasteiger partial charge is 0.0351 e. The Hall–Kier alpha value is -0.260. The van der Waals surface area contributed by atoms with Gasteiger partial charge in [0.15, 0.2) is 0 Å². The van der Waals surface area contributed by atoms with E-state index in [1.807, 2.05) is 0 Å². The lowest BCUT2D eigenvalue weighted by Crippen LogP contribution is -2.06. The van der Waals surface area contributed by atoms with Crippen LogP contribution >= 0.6 is 0 Å². The van der Waals surface area contributed by atoms with Crippen LogP contribution in [0.3, 0.4) is 0 Å². The molecule has 0 fully saturated rings. The summed E-state index contributed by atoms with van der Waals surface area (Å²) in [5.41, 5.74) is 0. The van der Waals surface area contributed by atoms with E-state index in [1.165, 1.54) is 57.8 Å². The molecule has 0 aromatic carbocycles. The molecule has 0 aromatic heterocycles. The third-order valence-electron chi connectivity index (χ3n) is 4.03. The van der Waals surface area contributed by atoms with Crippen LogP contribution in [0.4, 0.5) is 0 Å². The van der Waals surface area contributed by atoms with Gasteiger partial charge in [-0.05, 0) is 43.9 Å². The molecule has 0 saturated carbocycles. The van der Waals surface area contributed by atoms with Gasteiger partial charge in [0.05, 0.1) is 0 Å². The number of allylic oxidation sites excluding steroid dienone is 2. The normalized spacial score (nSPS) is 14.9. The van der Waals surface area contributed by atoms with E-state index < -0.39 is 0 Å². The second-order valence-corrected chi connectivity index (χ2v) is 6.01. The molecule has 0 amide bonds. The van der Waals surface area contributed by atoms with Crippen LogP contribution in [-0.4, -0.2) is 0 Å². The highest BCUT2D eigenvalue weighted by Crippen LogP contribution is 2.24. The fourth-order valence-corrected chi connectivity index (χ4v) is 2.69. The molecule has 112 valence electrons. The molecule has 19 heavy (non-hydrogen) atoms. The van der Waals surface area contributed by atoms with Gasteiger partial charge in [-0.3, -0.25) is 0 Å². The molecule has 0 aromatic rings. The van der Waals surface area contributed by atoms with Crippen molar-refractivity contribution in [2.24, 2.45) is 11.8 Å². The molecule has 0 rings (SSSR count). The number of unbranched alkanes of at least 4 members (excludes halogenated alkanes) is 4. The van der Waals surface area contributed by atoms with Crippen molar-refractivity contribution in [3.63, 3.8) is 0 Å². The molecule has 2 atom stereocenters. The molecule has 0 saturated heterocycles. The standard InChI is InChI=1S/C19H36/c1-5-8-10-11-12-13-14-15-18(4)17-19(7-3)16-9-6-2/h11-12,18-19H,1-2,5-10,13-17H2,3-4H3. The Labute approximate surface area is 123 Å². The van der Waals surface area contributed by atoms with Crippen LogP contribution in [0.15, 0.2) is 12.2 Å². The predicted octanol–water partition coefficient (Wildman–Crippen LogP) is 6.77. The second-order valence-electron chi connectivity index (χ2n) is 6.01. The zero-order valence-corrected chi connectivity index (χ0v) is 13.5. The molecule has 0 nitrogen and oxygen atoms in total. The Morgan fingerprint density at radius 2 is 1.53 bits per heavy atom. The molecular weight excluding hydrogens is 228 g/mol. The van der Waals surface area contributed by atoms with Gasteiger partial charge in [-0.2, -0.15) is 0 Å². The van der Waals surface area contributed by atoms with E-state index in [0.29, 0.717) is 0 Å². The number of rotatable bonds is 13. The first kappa shape index (κ1) is 18.7. The van der Waals surface area contributed by atoms with E-state index in [9.17, 15) is 0 Å². The molecule has 0 N–H and O–H groups in total. The summed E-state index contributed by atoms with van der Waals surface area (Å²) in [7, 11) is 0. The molecule has 0 heterocycles. The minimum Gasteiger partial charge on any atom is -0.0885 e. The van der Waals surface area contributed by atoms with Crippen LogP contribution < -0.4 is 0 Å². The first-order valence-corrected chi connectivity index (χ1v) is 8.48. The van der Waals surface area contributed by atoms with Gasteiger partial charge in [-0.1, -0.05) is 78.4 Å². The zero-order valence-electron chi connectivity index (χ0n) is 13.5. The van der Waals surface area contributed by atoms with Crippen molar-refractivity contribution in [1.29, 1.82) is 0 Å². The van der Waals surface area contributed by atoms with Crippen LogP contribution in [0.25, 0.3) is 0 Å². The number of hydrogen-bond donors (Lipinski definition) is 0. The third kappa shape index (κ3) is 12.5. The second kappa shape index (κ2) is 14.2. The summed E-state index contributed by atoms with van der Waals surface area (Å²) >= 11 is 0. The fraction of sp³-hybridized carbons (Fsp3) is 0.789. The van der Waals surface area contributed by atoms with E-state index >= 15 is 0 Å². The molecule has 0 spiro atoms. The van der Waals surface area contributed by atoms with E-state index in [2.05, 4.69) is 39.8 Å². The predicted molar refractivity (Wildman–Crippen MR) is 89.0 cm³/mol. The quantitative estimate of drug-likeness (QED) is 0.254. The molecule has 0 heteroatoms. The van der Waals surface area contributed by atoms with Crippen LogP contribution in [0, 0.1) is 25.7 Å². The van der Waals surface area contributed by atoms with Gasteiger partial charge in [0.2, 0.25) is 0 Å². The summed E-state index contributed by atoms with van der Waals surface area (Å²) in [6, 6.07) is 0. The summed E-state index contributed by atoms with van der Waals surface area (Å²) < 4.78 is 0. The summed E-state index contributed by atoms with van der Waals surface area (Å²) in [5, 5.41) is 0. The minimum absolute atomic E-state index is 0.892. The average molecular weight is 264 g/mol. The van der Waals surface area contributed by atoms with Crippen molar-refractivity contribution in [3.05, 3.63) is 26.0 Å². The summed E-state index contributed by atoms with van der Waals surface area (Å²) in [4.78, 5) is 0. The van der Waals surface area contributed by atoms with Crippen molar-refractivity contribution < 1.29 is 0 Å². The molecule has 0 aliphatic carbocycles. The largest absolute Gasteiger partial charge is 0.0885 e. The lowest BCUT2D eigenvalue weighted by atomic mass is 9.87. The van der Waals surface area contributed by atoms with Crippen molar-refractivity contribution in [2.45, 2.75) is 84.5 Å². The first-order chi connectivity index (χ1) is 9.24. The first-order valence-electron chi connectivity index (χ1n) is 8.48. The molecule has 0 aliphatic rings. The fourth-order valence-electron chi connectivity index (χ4n) is 2.69. The molecule has 0 bridgehead atoms. The maximum atomic E-state index is 3.95. The van der Waals surface area contributed by atoms with Crippen molar-refractivity contribution in [3.8, 4) is 0 Å². The molecule has 0 aliphatic heterocycles. The highest BCUT2D eigenvalue weighted by atomic mass is 14.2. The Kier molecular flexibility index (Phi) is 14.0. The molecular formula is C19H36. The van der Waals surface area contributed by atoms with E-state index in [1.54, 1.807) is 0 Å². The van der Waals surface area contributed by atoms with Crippen LogP contribution in [0.2, 0.25) is 0 Å². The van der Waals surface area contributed by atoms with E-state index in [4.69, 9.17) is 0 Å². The van der Waals surface area contributed by atoms with Gasteiger partial charge in [0.25, 0.3) is 0 Å². The van der Waals surface area contributed by atoms with Gasteiger partial charge in [0, 0.05) is 0 Å². The van der Waals surface area contributed by atoms with Crippen molar-refractivity contribution in [2.75, 3.05) is 0 Å². The average Bonchev–Trinajstić information content (AvgIpc) is 2.42. The van der Waals surface area contributed by atoms with Gasteiger partial charge in [-0.15, -0.1) is 0 Å². The maximum absolute atomic E-state index is 3.95. The minimum atomic E-state index is 0.892. The molecule has 2 radical (unpaired) electrons.